The van der Waals surface area contributed by atoms with Crippen LogP contribution in [0.1, 0.15) is 19.3 Å². The van der Waals surface area contributed by atoms with Gasteiger partial charge < -0.3 is 0 Å². The largest absolute Gasteiger partial charge is 0.133 e. The lowest BCUT2D eigenvalue weighted by atomic mass is 9.85. The molecule has 8 heavy (non-hydrogen) atoms. The minimum absolute atomic E-state index is 0.323. The minimum Gasteiger partial charge on any atom is -0.119 e. The maximum Gasteiger partial charge on any atom is 0.133 e. The zero-order valence-corrected chi connectivity index (χ0v) is 5.91. The topological polar surface area (TPSA) is 0 Å². The van der Waals surface area contributed by atoms with Gasteiger partial charge in [0.05, 0.1) is 5.38 Å². The van der Waals surface area contributed by atoms with Gasteiger partial charge in [-0.25, -0.2) is 0 Å². The lowest BCUT2D eigenvalue weighted by Crippen LogP contribution is -2.02. The van der Waals surface area contributed by atoms with Gasteiger partial charge in [-0.1, -0.05) is 6.08 Å². The van der Waals surface area contributed by atoms with Gasteiger partial charge in [0, 0.05) is 0 Å². The molecule has 1 atom stereocenters. The van der Waals surface area contributed by atoms with E-state index in [0.717, 1.165) is 0 Å². The van der Waals surface area contributed by atoms with Gasteiger partial charge in [0.1, 0.15) is 7.85 Å². The van der Waals surface area contributed by atoms with Crippen LogP contribution in [0.15, 0.2) is 11.5 Å². The molecule has 0 bridgehead atoms. The molecule has 0 heterocycles. The summed E-state index contributed by atoms with van der Waals surface area (Å²) in [5.41, 5.74) is 1.45. The van der Waals surface area contributed by atoms with Crippen LogP contribution in [-0.4, -0.2) is 13.2 Å². The number of hydrogen-bond donors (Lipinski definition) is 0. The summed E-state index contributed by atoms with van der Waals surface area (Å²) < 4.78 is 0. The van der Waals surface area contributed by atoms with E-state index < -0.39 is 0 Å². The zero-order valence-electron chi connectivity index (χ0n) is 5.15. The van der Waals surface area contributed by atoms with Crippen molar-refractivity contribution in [2.45, 2.75) is 24.6 Å². The molecule has 0 aromatic carbocycles. The van der Waals surface area contributed by atoms with Crippen LogP contribution in [0.25, 0.3) is 0 Å². The van der Waals surface area contributed by atoms with Crippen molar-refractivity contribution in [2.24, 2.45) is 0 Å². The highest BCUT2D eigenvalue weighted by atomic mass is 35.5. The van der Waals surface area contributed by atoms with Gasteiger partial charge >= 0.3 is 0 Å². The molecule has 0 amide bonds. The molecule has 0 aromatic rings. The van der Waals surface area contributed by atoms with Crippen molar-refractivity contribution < 1.29 is 0 Å². The molecule has 0 fully saturated rings. The van der Waals surface area contributed by atoms with E-state index in [-0.39, 0.29) is 0 Å². The Bertz CT molecular complexity index is 109. The highest BCUT2D eigenvalue weighted by Crippen LogP contribution is 2.18. The van der Waals surface area contributed by atoms with Crippen molar-refractivity contribution in [3.05, 3.63) is 11.5 Å². The molecule has 44 valence electrons. The van der Waals surface area contributed by atoms with Crippen molar-refractivity contribution in [1.29, 1.82) is 0 Å². The monoisotopic (exact) mass is 128 g/mol. The molecule has 0 aromatic heterocycles. The molecular weight excluding hydrogens is 118 g/mol. The van der Waals surface area contributed by atoms with Crippen molar-refractivity contribution >= 4 is 19.4 Å². The molecule has 1 aliphatic carbocycles. The summed E-state index contributed by atoms with van der Waals surface area (Å²) in [7, 11) is 2.15. The van der Waals surface area contributed by atoms with Crippen LogP contribution < -0.4 is 0 Å². The molecule has 1 aliphatic rings. The number of rotatable bonds is 0. The fourth-order valence-electron chi connectivity index (χ4n) is 1.05. The maximum atomic E-state index is 5.84. The Kier molecular flexibility index (Phi) is 2.01. The third-order valence-electron chi connectivity index (χ3n) is 1.52. The van der Waals surface area contributed by atoms with Gasteiger partial charge in [0.25, 0.3) is 0 Å². The van der Waals surface area contributed by atoms with E-state index in [4.69, 9.17) is 11.6 Å². The minimum atomic E-state index is 0.323. The van der Waals surface area contributed by atoms with Crippen molar-refractivity contribution in [1.82, 2.24) is 0 Å². The predicted molar refractivity (Wildman–Crippen MR) is 40.1 cm³/mol. The van der Waals surface area contributed by atoms with Crippen LogP contribution >= 0.6 is 11.6 Å². The molecule has 0 spiro atoms. The van der Waals surface area contributed by atoms with E-state index in [1.807, 2.05) is 0 Å². The first-order valence-corrected chi connectivity index (χ1v) is 3.54. The summed E-state index contributed by atoms with van der Waals surface area (Å²) >= 11 is 5.84. The highest BCUT2D eigenvalue weighted by molar-refractivity contribution is 6.25. The quantitative estimate of drug-likeness (QED) is 0.341. The highest BCUT2D eigenvalue weighted by Gasteiger charge is 2.06. The SMILES string of the molecule is BC1=CC(Cl)CCC1. The van der Waals surface area contributed by atoms with Gasteiger partial charge in [0.15, 0.2) is 0 Å². The first-order chi connectivity index (χ1) is 3.79. The Morgan fingerprint density at radius 1 is 1.75 bits per heavy atom. The second kappa shape index (κ2) is 2.59. The van der Waals surface area contributed by atoms with E-state index in [2.05, 4.69) is 13.9 Å². The van der Waals surface area contributed by atoms with E-state index in [1.165, 1.54) is 24.7 Å². The molecule has 0 nitrogen and oxygen atoms in total. The van der Waals surface area contributed by atoms with Crippen LogP contribution in [0.5, 0.6) is 0 Å². The second-order valence-corrected chi connectivity index (χ2v) is 2.98. The van der Waals surface area contributed by atoms with Crippen molar-refractivity contribution in [2.75, 3.05) is 0 Å². The van der Waals surface area contributed by atoms with E-state index in [1.54, 1.807) is 0 Å². The van der Waals surface area contributed by atoms with Crippen molar-refractivity contribution in [3.63, 3.8) is 0 Å². The molecule has 1 unspecified atom stereocenters. The standard InChI is InChI=1S/C6H10BCl/c7-5-2-1-3-6(8)4-5/h4,6H,1-3,7H2. The van der Waals surface area contributed by atoms with Crippen LogP contribution in [0.4, 0.5) is 0 Å². The molecule has 0 aliphatic heterocycles. The molecule has 2 heteroatoms. The number of allylic oxidation sites excluding steroid dienone is 2. The number of alkyl halides is 1. The average Bonchev–Trinajstić information content (AvgIpc) is 1.64. The maximum absolute atomic E-state index is 5.84. The Hall–Kier alpha value is 0.0949. The third kappa shape index (κ3) is 1.55. The van der Waals surface area contributed by atoms with Crippen LogP contribution in [0, 0.1) is 0 Å². The summed E-state index contributed by atoms with van der Waals surface area (Å²) in [6.07, 6.45) is 5.85. The Morgan fingerprint density at radius 2 is 2.50 bits per heavy atom. The predicted octanol–water partition coefficient (Wildman–Crippen LogP) is 1.29. The van der Waals surface area contributed by atoms with Crippen LogP contribution in [0.3, 0.4) is 0 Å². The van der Waals surface area contributed by atoms with Crippen LogP contribution in [0.2, 0.25) is 0 Å². The summed E-state index contributed by atoms with van der Waals surface area (Å²) in [5.74, 6) is 0. The molecule has 1 rings (SSSR count). The van der Waals surface area contributed by atoms with E-state index in [0.29, 0.717) is 5.38 Å². The van der Waals surface area contributed by atoms with Gasteiger partial charge in [-0.15, -0.1) is 17.1 Å². The molecule has 0 saturated heterocycles. The van der Waals surface area contributed by atoms with E-state index in [9.17, 15) is 0 Å². The Labute approximate surface area is 56.3 Å². The summed E-state index contributed by atoms with van der Waals surface area (Å²) in [4.78, 5) is 0. The third-order valence-corrected chi connectivity index (χ3v) is 1.86. The first-order valence-electron chi connectivity index (χ1n) is 3.10. The van der Waals surface area contributed by atoms with Gasteiger partial charge in [-0.3, -0.25) is 0 Å². The van der Waals surface area contributed by atoms with Gasteiger partial charge in [0.2, 0.25) is 0 Å². The summed E-state index contributed by atoms with van der Waals surface area (Å²) in [6.45, 7) is 0. The lowest BCUT2D eigenvalue weighted by molar-refractivity contribution is 0.727. The molecule has 0 saturated carbocycles. The molecule has 0 radical (unpaired) electrons. The summed E-state index contributed by atoms with van der Waals surface area (Å²) in [5, 5.41) is 0.323. The fraction of sp³-hybridized carbons (Fsp3) is 0.667. The second-order valence-electron chi connectivity index (χ2n) is 2.42. The zero-order chi connectivity index (χ0) is 5.98. The average molecular weight is 128 g/mol. The molecule has 0 N–H and O–H groups in total. The number of halogens is 1. The Morgan fingerprint density at radius 3 is 2.88 bits per heavy atom. The lowest BCUT2D eigenvalue weighted by Gasteiger charge is -2.12. The number of hydrogen-bond acceptors (Lipinski definition) is 0. The van der Waals surface area contributed by atoms with Crippen LogP contribution in [-0.2, 0) is 0 Å². The fourth-order valence-corrected chi connectivity index (χ4v) is 1.42. The molecular formula is C6H10BCl. The smallest absolute Gasteiger partial charge is 0.119 e. The Balaban J connectivity index is 2.50. The van der Waals surface area contributed by atoms with Crippen molar-refractivity contribution in [3.8, 4) is 0 Å². The first kappa shape index (κ1) is 6.22. The summed E-state index contributed by atoms with van der Waals surface area (Å²) in [6, 6.07) is 0. The van der Waals surface area contributed by atoms with Gasteiger partial charge in [-0.05, 0) is 19.3 Å². The van der Waals surface area contributed by atoms with E-state index >= 15 is 0 Å². The normalized spacial score (nSPS) is 29.6. The van der Waals surface area contributed by atoms with Gasteiger partial charge in [-0.2, -0.15) is 0 Å².